The van der Waals surface area contributed by atoms with E-state index in [0.29, 0.717) is 22.7 Å². The van der Waals surface area contributed by atoms with Gasteiger partial charge in [-0.3, -0.25) is 24.6 Å². The van der Waals surface area contributed by atoms with E-state index in [1.54, 1.807) is 43.4 Å². The minimum Gasteiger partial charge on any atom is -0.497 e. The number of nitrogens with zero attached hydrogens (tertiary/aromatic N) is 4. The molecule has 0 N–H and O–H groups in total. The highest BCUT2D eigenvalue weighted by Crippen LogP contribution is 2.45. The molecule has 43 heavy (non-hydrogen) atoms. The number of aromatic nitrogens is 1. The van der Waals surface area contributed by atoms with Gasteiger partial charge in [0.15, 0.2) is 0 Å². The minimum atomic E-state index is -0.567. The van der Waals surface area contributed by atoms with Crippen LogP contribution in [-0.4, -0.2) is 53.0 Å². The van der Waals surface area contributed by atoms with Crippen LogP contribution in [-0.2, 0) is 9.59 Å². The summed E-state index contributed by atoms with van der Waals surface area (Å²) in [6, 6.07) is 22.1. The summed E-state index contributed by atoms with van der Waals surface area (Å²) < 4.78 is 13.3. The van der Waals surface area contributed by atoms with Gasteiger partial charge in [-0.1, -0.05) is 12.1 Å². The number of ether oxygens (including phenoxy) is 2. The number of carbonyl (C=O) groups is 2. The number of benzene rings is 3. The second-order valence-electron chi connectivity index (χ2n) is 10.3. The van der Waals surface area contributed by atoms with Gasteiger partial charge in [-0.2, -0.15) is 0 Å². The molecule has 3 aromatic carbocycles. The molecule has 1 unspecified atom stereocenters. The molecule has 0 radical (unpaired) electrons. The number of methoxy groups -OCH3 is 2. The lowest BCUT2D eigenvalue weighted by atomic mass is 9.96. The molecule has 1 aromatic heterocycles. The van der Waals surface area contributed by atoms with Crippen LogP contribution < -0.4 is 14.4 Å². The highest BCUT2D eigenvalue weighted by Gasteiger charge is 2.38. The minimum absolute atomic E-state index is 0.0342. The first-order valence-electron chi connectivity index (χ1n) is 13.8. The Morgan fingerprint density at radius 1 is 0.977 bits per heavy atom. The van der Waals surface area contributed by atoms with Crippen LogP contribution in [0.1, 0.15) is 36.7 Å². The zero-order valence-corrected chi connectivity index (χ0v) is 24.3. The molecular formula is C33H32N4O6. The van der Waals surface area contributed by atoms with Crippen molar-refractivity contribution in [1.82, 2.24) is 9.47 Å². The van der Waals surface area contributed by atoms with E-state index in [1.165, 1.54) is 23.1 Å². The molecule has 4 aromatic rings. The standard InChI is InChI=1S/C33H32N4O6/c1-22(2)35(31(38)18-13-23-11-14-24(15-12-23)37(40)41)21-32(39)36-28-9-6-5-8-27(28)34-19-7-10-29(34)33(36)26-20-25(42-3)16-17-30(26)43-4/h5-20,22,33H,21H2,1-4H3/b18-13+. The zero-order valence-electron chi connectivity index (χ0n) is 24.3. The van der Waals surface area contributed by atoms with Crippen LogP contribution in [0.5, 0.6) is 11.5 Å². The van der Waals surface area contributed by atoms with E-state index >= 15 is 0 Å². The van der Waals surface area contributed by atoms with Crippen LogP contribution in [0.15, 0.2) is 91.1 Å². The summed E-state index contributed by atoms with van der Waals surface area (Å²) in [5.41, 5.74) is 3.74. The van der Waals surface area contributed by atoms with Crippen LogP contribution >= 0.6 is 0 Å². The van der Waals surface area contributed by atoms with Gasteiger partial charge in [0.1, 0.15) is 24.1 Å². The summed E-state index contributed by atoms with van der Waals surface area (Å²) >= 11 is 0. The number of fused-ring (bicyclic) bond motifs is 3. The van der Waals surface area contributed by atoms with Crippen molar-refractivity contribution in [2.75, 3.05) is 25.7 Å². The predicted molar refractivity (Wildman–Crippen MR) is 164 cm³/mol. The quantitative estimate of drug-likeness (QED) is 0.141. The van der Waals surface area contributed by atoms with Gasteiger partial charge in [0.05, 0.1) is 36.2 Å². The van der Waals surface area contributed by atoms with Crippen molar-refractivity contribution in [3.8, 4) is 17.2 Å². The average Bonchev–Trinajstić information content (AvgIpc) is 3.51. The van der Waals surface area contributed by atoms with Crippen LogP contribution in [0.4, 0.5) is 11.4 Å². The Balaban J connectivity index is 1.52. The third-order valence-corrected chi connectivity index (χ3v) is 7.45. The van der Waals surface area contributed by atoms with Crippen molar-refractivity contribution in [3.63, 3.8) is 0 Å². The SMILES string of the molecule is COc1ccc(OC)c(C2c3cccn3-c3ccccc3N2C(=O)CN(C(=O)/C=C/c2ccc([N+](=O)[O-])cc2)C(C)C)c1. The fraction of sp³-hybridized carbons (Fsp3) is 0.212. The number of hydrogen-bond donors (Lipinski definition) is 0. The summed E-state index contributed by atoms with van der Waals surface area (Å²) in [6.45, 7) is 3.52. The molecule has 1 atom stereocenters. The Morgan fingerprint density at radius 2 is 1.70 bits per heavy atom. The van der Waals surface area contributed by atoms with Gasteiger partial charge in [0.2, 0.25) is 11.8 Å². The second-order valence-corrected chi connectivity index (χ2v) is 10.3. The van der Waals surface area contributed by atoms with Crippen molar-refractivity contribution >= 4 is 29.3 Å². The van der Waals surface area contributed by atoms with Gasteiger partial charge in [-0.25, -0.2) is 0 Å². The van der Waals surface area contributed by atoms with Gasteiger partial charge in [0, 0.05) is 36.0 Å². The van der Waals surface area contributed by atoms with Crippen molar-refractivity contribution in [3.05, 3.63) is 118 Å². The Kier molecular flexibility index (Phi) is 8.29. The van der Waals surface area contributed by atoms with Gasteiger partial charge in [-0.15, -0.1) is 0 Å². The Hall–Kier alpha value is -5.38. The molecule has 0 bridgehead atoms. The fourth-order valence-corrected chi connectivity index (χ4v) is 5.32. The molecule has 2 amide bonds. The monoisotopic (exact) mass is 580 g/mol. The summed E-state index contributed by atoms with van der Waals surface area (Å²) in [7, 11) is 3.17. The second kappa shape index (κ2) is 12.2. The number of anilines is 1. The molecular weight excluding hydrogens is 548 g/mol. The molecule has 5 rings (SSSR count). The number of nitro benzene ring substituents is 1. The fourth-order valence-electron chi connectivity index (χ4n) is 5.32. The number of hydrogen-bond acceptors (Lipinski definition) is 6. The zero-order chi connectivity index (χ0) is 30.7. The maximum atomic E-state index is 14.4. The average molecular weight is 581 g/mol. The topological polar surface area (TPSA) is 107 Å². The molecule has 0 saturated carbocycles. The van der Waals surface area contributed by atoms with E-state index in [-0.39, 0.29) is 30.1 Å². The van der Waals surface area contributed by atoms with E-state index in [2.05, 4.69) is 4.57 Å². The van der Waals surface area contributed by atoms with Gasteiger partial charge >= 0.3 is 0 Å². The molecule has 1 aliphatic rings. The third-order valence-electron chi connectivity index (χ3n) is 7.45. The van der Waals surface area contributed by atoms with E-state index in [0.717, 1.165) is 16.9 Å². The molecule has 0 aliphatic carbocycles. The maximum Gasteiger partial charge on any atom is 0.269 e. The maximum absolute atomic E-state index is 14.4. The number of carbonyl (C=O) groups excluding carboxylic acids is 2. The van der Waals surface area contributed by atoms with Crippen LogP contribution in [0.2, 0.25) is 0 Å². The molecule has 1 aliphatic heterocycles. The number of amides is 2. The highest BCUT2D eigenvalue weighted by molar-refractivity contribution is 6.02. The van der Waals surface area contributed by atoms with Crippen molar-refractivity contribution in [2.24, 2.45) is 0 Å². The normalized spacial score (nSPS) is 13.9. The van der Waals surface area contributed by atoms with Crippen molar-refractivity contribution in [2.45, 2.75) is 25.9 Å². The molecule has 0 fully saturated rings. The summed E-state index contributed by atoms with van der Waals surface area (Å²) in [5.74, 6) is 0.584. The van der Waals surface area contributed by atoms with E-state index in [9.17, 15) is 19.7 Å². The first-order valence-corrected chi connectivity index (χ1v) is 13.8. The Morgan fingerprint density at radius 3 is 2.35 bits per heavy atom. The largest absolute Gasteiger partial charge is 0.497 e. The van der Waals surface area contributed by atoms with Crippen LogP contribution in [0.25, 0.3) is 11.8 Å². The molecule has 10 heteroatoms. The first kappa shape index (κ1) is 29.1. The predicted octanol–water partition coefficient (Wildman–Crippen LogP) is 5.79. The number of rotatable bonds is 9. The van der Waals surface area contributed by atoms with Crippen LogP contribution in [0.3, 0.4) is 0 Å². The van der Waals surface area contributed by atoms with Crippen LogP contribution in [0, 0.1) is 10.1 Å². The summed E-state index contributed by atoms with van der Waals surface area (Å²) in [4.78, 5) is 41.5. The summed E-state index contributed by atoms with van der Waals surface area (Å²) in [5, 5.41) is 11.0. The number of nitro groups is 1. The molecule has 220 valence electrons. The Bertz CT molecular complexity index is 1690. The third kappa shape index (κ3) is 5.72. The lowest BCUT2D eigenvalue weighted by Gasteiger charge is -2.40. The van der Waals surface area contributed by atoms with Gasteiger partial charge in [-0.05, 0) is 80.1 Å². The smallest absolute Gasteiger partial charge is 0.269 e. The van der Waals surface area contributed by atoms with E-state index in [1.807, 2.05) is 68.6 Å². The first-order chi connectivity index (χ1) is 20.7. The molecule has 2 heterocycles. The van der Waals surface area contributed by atoms with Crippen molar-refractivity contribution in [1.29, 1.82) is 0 Å². The van der Waals surface area contributed by atoms with E-state index in [4.69, 9.17) is 9.47 Å². The highest BCUT2D eigenvalue weighted by atomic mass is 16.6. The lowest BCUT2D eigenvalue weighted by molar-refractivity contribution is -0.384. The molecule has 10 nitrogen and oxygen atoms in total. The van der Waals surface area contributed by atoms with E-state index < -0.39 is 11.0 Å². The molecule has 0 saturated heterocycles. The van der Waals surface area contributed by atoms with Crippen molar-refractivity contribution < 1.29 is 24.0 Å². The van der Waals surface area contributed by atoms with Gasteiger partial charge < -0.3 is 18.9 Å². The molecule has 0 spiro atoms. The number of para-hydroxylation sites is 2. The Labute approximate surface area is 249 Å². The summed E-state index contributed by atoms with van der Waals surface area (Å²) in [6.07, 6.45) is 4.92. The van der Waals surface area contributed by atoms with Gasteiger partial charge in [0.25, 0.3) is 5.69 Å². The number of non-ortho nitro benzene ring substituents is 1. The lowest BCUT2D eigenvalue weighted by Crippen LogP contribution is -2.48.